The highest BCUT2D eigenvalue weighted by molar-refractivity contribution is 7.09. The summed E-state index contributed by atoms with van der Waals surface area (Å²) < 4.78 is 5.56. The number of piperazine rings is 1. The van der Waals surface area contributed by atoms with Crippen molar-refractivity contribution in [1.29, 1.82) is 0 Å². The summed E-state index contributed by atoms with van der Waals surface area (Å²) in [6.07, 6.45) is 8.44. The van der Waals surface area contributed by atoms with Gasteiger partial charge in [-0.1, -0.05) is 75.4 Å². The normalized spacial score (nSPS) is 17.7. The van der Waals surface area contributed by atoms with E-state index in [9.17, 15) is 9.59 Å². The Bertz CT molecular complexity index is 1040. The summed E-state index contributed by atoms with van der Waals surface area (Å²) in [4.78, 5) is 31.0. The van der Waals surface area contributed by atoms with Crippen LogP contribution in [-0.2, 0) is 11.3 Å². The Labute approximate surface area is 242 Å². The minimum absolute atomic E-state index is 0.138. The summed E-state index contributed by atoms with van der Waals surface area (Å²) in [5.41, 5.74) is 5.76. The van der Waals surface area contributed by atoms with Crippen LogP contribution in [0.1, 0.15) is 63.2 Å². The van der Waals surface area contributed by atoms with Gasteiger partial charge in [-0.15, -0.1) is 11.3 Å². The maximum Gasteiger partial charge on any atom is 0.415 e. The van der Waals surface area contributed by atoms with Crippen molar-refractivity contribution in [2.24, 2.45) is 11.7 Å². The van der Waals surface area contributed by atoms with E-state index in [1.54, 1.807) is 40.5 Å². The topological polar surface area (TPSA) is 87.9 Å². The third kappa shape index (κ3) is 9.85. The first-order chi connectivity index (χ1) is 18.9. The van der Waals surface area contributed by atoms with Gasteiger partial charge in [0.25, 0.3) is 0 Å². The van der Waals surface area contributed by atoms with E-state index >= 15 is 0 Å². The van der Waals surface area contributed by atoms with Crippen LogP contribution in [-0.4, -0.2) is 54.0 Å². The fraction of sp³-hybridized carbons (Fsp3) is 0.533. The van der Waals surface area contributed by atoms with Crippen LogP contribution >= 0.6 is 22.9 Å². The first kappa shape index (κ1) is 31.0. The highest BCUT2D eigenvalue weighted by atomic mass is 35.5. The average molecular weight is 575 g/mol. The Kier molecular flexibility index (Phi) is 13.1. The molecule has 2 fully saturated rings. The van der Waals surface area contributed by atoms with Crippen LogP contribution in [0.3, 0.4) is 0 Å². The Morgan fingerprint density at radius 1 is 1.15 bits per heavy atom. The third-order valence-electron chi connectivity index (χ3n) is 7.24. The molecule has 1 atom stereocenters. The molecular weight excluding hydrogens is 532 g/mol. The minimum Gasteiger partial charge on any atom is -0.409 e. The number of hydrogen-bond donors (Lipinski definition) is 2. The lowest BCUT2D eigenvalue weighted by molar-refractivity contribution is -0.135. The Morgan fingerprint density at radius 2 is 1.90 bits per heavy atom. The van der Waals surface area contributed by atoms with Gasteiger partial charge in [0.15, 0.2) is 5.75 Å². The summed E-state index contributed by atoms with van der Waals surface area (Å²) >= 11 is 7.84. The molecule has 0 radical (unpaired) electrons. The van der Waals surface area contributed by atoms with Crippen molar-refractivity contribution in [3.8, 4) is 5.75 Å². The van der Waals surface area contributed by atoms with Crippen LogP contribution in [0.25, 0.3) is 0 Å². The number of halogens is 1. The van der Waals surface area contributed by atoms with Gasteiger partial charge in [0, 0.05) is 36.6 Å². The molecule has 2 aliphatic rings. The van der Waals surface area contributed by atoms with E-state index in [1.165, 1.54) is 37.0 Å². The number of para-hydroxylation sites is 1. The summed E-state index contributed by atoms with van der Waals surface area (Å²) in [5, 5.41) is 5.81. The number of rotatable bonds is 9. The number of carbonyl (C=O) groups excluding carboxylic acids is 2. The van der Waals surface area contributed by atoms with E-state index in [2.05, 4.69) is 24.9 Å². The zero-order valence-corrected chi connectivity index (χ0v) is 24.7. The molecule has 39 heavy (non-hydrogen) atoms. The quantitative estimate of drug-likeness (QED) is 0.360. The molecule has 214 valence electrons. The average Bonchev–Trinajstić information content (AvgIpc) is 3.50. The van der Waals surface area contributed by atoms with Gasteiger partial charge in [0.1, 0.15) is 0 Å². The molecule has 3 N–H and O–H groups in total. The highest BCUT2D eigenvalue weighted by Crippen LogP contribution is 2.29. The predicted molar refractivity (Wildman–Crippen MR) is 160 cm³/mol. The number of ether oxygens (including phenoxy) is 1. The number of benzene rings is 1. The zero-order chi connectivity index (χ0) is 28.0. The molecule has 1 aliphatic carbocycles. The highest BCUT2D eigenvalue weighted by Gasteiger charge is 2.35. The van der Waals surface area contributed by atoms with Crippen molar-refractivity contribution in [3.05, 3.63) is 64.0 Å². The summed E-state index contributed by atoms with van der Waals surface area (Å²) in [6.45, 7) is 8.95. The second kappa shape index (κ2) is 16.5. The van der Waals surface area contributed by atoms with Crippen molar-refractivity contribution in [2.75, 3.05) is 26.2 Å². The van der Waals surface area contributed by atoms with Crippen molar-refractivity contribution >= 4 is 34.9 Å². The van der Waals surface area contributed by atoms with Gasteiger partial charge in [0.2, 0.25) is 5.91 Å². The first-order valence-electron chi connectivity index (χ1n) is 14.1. The monoisotopic (exact) mass is 574 g/mol. The van der Waals surface area contributed by atoms with Crippen LogP contribution in [0.5, 0.6) is 5.75 Å². The molecule has 1 aromatic heterocycles. The molecule has 0 bridgehead atoms. The second-order valence-corrected chi connectivity index (χ2v) is 11.6. The van der Waals surface area contributed by atoms with E-state index in [1.807, 2.05) is 16.3 Å². The number of hydrogen-bond acceptors (Lipinski definition) is 6. The van der Waals surface area contributed by atoms with Crippen LogP contribution in [0.4, 0.5) is 4.79 Å². The Balaban J connectivity index is 0.000000983. The van der Waals surface area contributed by atoms with Crippen LogP contribution in [0.2, 0.25) is 5.02 Å². The molecule has 1 aliphatic heterocycles. The number of thiophene rings is 1. The van der Waals surface area contributed by atoms with Crippen LogP contribution < -0.4 is 15.8 Å². The molecule has 4 rings (SSSR count). The van der Waals surface area contributed by atoms with Crippen molar-refractivity contribution in [3.63, 3.8) is 0 Å². The van der Waals surface area contributed by atoms with Crippen LogP contribution in [0.15, 0.2) is 54.1 Å². The van der Waals surface area contributed by atoms with E-state index in [0.717, 1.165) is 25.1 Å². The van der Waals surface area contributed by atoms with E-state index in [4.69, 9.17) is 22.1 Å². The summed E-state index contributed by atoms with van der Waals surface area (Å²) in [5.74, 6) is 1.12. The summed E-state index contributed by atoms with van der Waals surface area (Å²) in [7, 11) is 0. The van der Waals surface area contributed by atoms with E-state index in [-0.39, 0.29) is 11.9 Å². The first-order valence-corrected chi connectivity index (χ1v) is 15.3. The Morgan fingerprint density at radius 3 is 2.56 bits per heavy atom. The molecule has 1 unspecified atom stereocenters. The maximum atomic E-state index is 13.3. The largest absolute Gasteiger partial charge is 0.415 e. The molecule has 2 aromatic rings. The van der Waals surface area contributed by atoms with Gasteiger partial charge in [-0.25, -0.2) is 4.79 Å². The smallest absolute Gasteiger partial charge is 0.409 e. The number of carbonyl (C=O) groups is 2. The molecule has 1 saturated heterocycles. The van der Waals surface area contributed by atoms with Crippen molar-refractivity contribution < 1.29 is 14.3 Å². The van der Waals surface area contributed by atoms with Gasteiger partial charge in [0.05, 0.1) is 17.6 Å². The fourth-order valence-corrected chi connectivity index (χ4v) is 5.73. The number of nitrogens with two attached hydrogens (primary N) is 1. The van der Waals surface area contributed by atoms with Gasteiger partial charge in [-0.2, -0.15) is 0 Å². The maximum absolute atomic E-state index is 13.3. The Hall–Kier alpha value is -2.55. The SMILES string of the molecule is C=C(NCc1cccs1)C1CN(C(=O)Oc2ccccc2Cl)CCN1C(=O)CCC1CCCCC1.CCCN. The van der Waals surface area contributed by atoms with Crippen LogP contribution in [0, 0.1) is 5.92 Å². The number of amides is 2. The summed E-state index contributed by atoms with van der Waals surface area (Å²) in [6, 6.07) is 10.7. The number of nitrogens with one attached hydrogen (secondary N) is 1. The molecule has 2 amide bonds. The second-order valence-electron chi connectivity index (χ2n) is 10.1. The van der Waals surface area contributed by atoms with Gasteiger partial charge >= 0.3 is 6.09 Å². The minimum atomic E-state index is -0.469. The van der Waals surface area contributed by atoms with Gasteiger partial charge in [-0.3, -0.25) is 4.79 Å². The van der Waals surface area contributed by atoms with E-state index < -0.39 is 6.09 Å². The van der Waals surface area contributed by atoms with Gasteiger partial charge < -0.3 is 25.6 Å². The lowest BCUT2D eigenvalue weighted by Crippen LogP contribution is -2.58. The van der Waals surface area contributed by atoms with Crippen molar-refractivity contribution in [1.82, 2.24) is 15.1 Å². The zero-order valence-electron chi connectivity index (χ0n) is 23.1. The lowest BCUT2D eigenvalue weighted by Gasteiger charge is -2.42. The standard InChI is InChI=1S/C27H34ClN3O3S.C3H9N/c1-20(29-18-22-10-7-17-35-22)24-19-30(27(33)34-25-12-6-5-11-23(25)28)15-16-31(24)26(32)14-13-21-8-3-2-4-9-21;1-2-3-4/h5-7,10-12,17,21,24,29H,1-4,8-9,13-16,18-19H2;2-4H2,1H3. The predicted octanol–water partition coefficient (Wildman–Crippen LogP) is 6.43. The lowest BCUT2D eigenvalue weighted by atomic mass is 9.86. The fourth-order valence-electron chi connectivity index (χ4n) is 4.91. The molecule has 9 heteroatoms. The number of nitrogens with zero attached hydrogens (tertiary/aromatic N) is 2. The molecule has 1 aromatic carbocycles. The molecule has 1 saturated carbocycles. The van der Waals surface area contributed by atoms with Crippen molar-refractivity contribution in [2.45, 2.75) is 70.9 Å². The molecule has 7 nitrogen and oxygen atoms in total. The molecule has 0 spiro atoms. The molecular formula is C30H43ClN4O3S. The third-order valence-corrected chi connectivity index (χ3v) is 8.43. The van der Waals surface area contributed by atoms with E-state index in [0.29, 0.717) is 49.3 Å². The van der Waals surface area contributed by atoms with Gasteiger partial charge in [-0.05, 0) is 48.9 Å². The molecule has 2 heterocycles.